The van der Waals surface area contributed by atoms with Crippen LogP contribution >= 0.6 is 11.8 Å². The third-order valence-electron chi connectivity index (χ3n) is 2.51. The summed E-state index contributed by atoms with van der Waals surface area (Å²) in [6.07, 6.45) is 0.935. The maximum atomic E-state index is 11.8. The Bertz CT molecular complexity index is 382. The Balaban J connectivity index is 2.13. The maximum absolute atomic E-state index is 11.8. The summed E-state index contributed by atoms with van der Waals surface area (Å²) >= 11 is 1.79. The standard InChI is InChI=1S/C11H13NO3S/c13-8-2-1-3-9(14)10(8)11(15)12-7-4-5-16-6-7/h1-3,7,13-14H,4-6H2,(H,12,15). The Labute approximate surface area is 97.7 Å². The molecule has 0 radical (unpaired) electrons. The largest absolute Gasteiger partial charge is 0.507 e. The number of hydrogen-bond acceptors (Lipinski definition) is 4. The second kappa shape index (κ2) is 4.65. The third-order valence-corrected chi connectivity index (χ3v) is 3.67. The zero-order chi connectivity index (χ0) is 11.5. The average Bonchev–Trinajstić information content (AvgIpc) is 2.70. The van der Waals surface area contributed by atoms with Crippen molar-refractivity contribution in [1.29, 1.82) is 0 Å². The van der Waals surface area contributed by atoms with E-state index in [0.29, 0.717) is 0 Å². The molecule has 0 aromatic heterocycles. The maximum Gasteiger partial charge on any atom is 0.259 e. The Hall–Kier alpha value is -1.36. The number of hydrogen-bond donors (Lipinski definition) is 3. The number of nitrogens with one attached hydrogen (secondary N) is 1. The van der Waals surface area contributed by atoms with E-state index < -0.39 is 5.91 Å². The molecule has 1 unspecified atom stereocenters. The van der Waals surface area contributed by atoms with E-state index in [9.17, 15) is 15.0 Å². The topological polar surface area (TPSA) is 69.6 Å². The number of phenols is 2. The van der Waals surface area contributed by atoms with Gasteiger partial charge in [0.2, 0.25) is 0 Å². The molecule has 16 heavy (non-hydrogen) atoms. The fraction of sp³-hybridized carbons (Fsp3) is 0.364. The van der Waals surface area contributed by atoms with Gasteiger partial charge in [-0.1, -0.05) is 6.07 Å². The minimum absolute atomic E-state index is 0.0422. The second-order valence-electron chi connectivity index (χ2n) is 3.71. The predicted molar refractivity (Wildman–Crippen MR) is 63.0 cm³/mol. The highest BCUT2D eigenvalue weighted by Gasteiger charge is 2.22. The molecule has 4 nitrogen and oxygen atoms in total. The van der Waals surface area contributed by atoms with Gasteiger partial charge in [-0.2, -0.15) is 11.8 Å². The first-order valence-corrected chi connectivity index (χ1v) is 6.23. The number of amides is 1. The van der Waals surface area contributed by atoms with Gasteiger partial charge in [0.1, 0.15) is 17.1 Å². The summed E-state index contributed by atoms with van der Waals surface area (Å²) in [5.41, 5.74) is -0.0422. The summed E-state index contributed by atoms with van der Waals surface area (Å²) in [4.78, 5) is 11.8. The van der Waals surface area contributed by atoms with Gasteiger partial charge in [0, 0.05) is 11.8 Å². The zero-order valence-electron chi connectivity index (χ0n) is 8.64. The summed E-state index contributed by atoms with van der Waals surface area (Å²) in [6, 6.07) is 4.40. The fourth-order valence-corrected chi connectivity index (χ4v) is 2.82. The highest BCUT2D eigenvalue weighted by Crippen LogP contribution is 2.26. The first-order valence-electron chi connectivity index (χ1n) is 5.08. The van der Waals surface area contributed by atoms with Gasteiger partial charge in [-0.25, -0.2) is 0 Å². The van der Waals surface area contributed by atoms with Crippen LogP contribution < -0.4 is 5.32 Å². The van der Waals surface area contributed by atoms with Crippen LogP contribution in [0.1, 0.15) is 16.8 Å². The predicted octanol–water partition coefficient (Wildman–Crippen LogP) is 1.33. The van der Waals surface area contributed by atoms with Crippen LogP contribution in [0.5, 0.6) is 11.5 Å². The summed E-state index contributed by atoms with van der Waals surface area (Å²) in [5, 5.41) is 21.8. The molecule has 1 fully saturated rings. The molecule has 0 bridgehead atoms. The molecule has 2 rings (SSSR count). The molecule has 1 aliphatic rings. The summed E-state index contributed by atoms with van der Waals surface area (Å²) < 4.78 is 0. The number of carbonyl (C=O) groups is 1. The van der Waals surface area contributed by atoms with Crippen molar-refractivity contribution in [1.82, 2.24) is 5.32 Å². The van der Waals surface area contributed by atoms with Gasteiger partial charge in [0.05, 0.1) is 0 Å². The van der Waals surface area contributed by atoms with Crippen LogP contribution in [-0.2, 0) is 0 Å². The normalized spacial score (nSPS) is 19.6. The highest BCUT2D eigenvalue weighted by molar-refractivity contribution is 7.99. The van der Waals surface area contributed by atoms with Crippen molar-refractivity contribution >= 4 is 17.7 Å². The highest BCUT2D eigenvalue weighted by atomic mass is 32.2. The van der Waals surface area contributed by atoms with Gasteiger partial charge in [-0.3, -0.25) is 4.79 Å². The van der Waals surface area contributed by atoms with Crippen LogP contribution in [0.3, 0.4) is 0 Å². The van der Waals surface area contributed by atoms with Crippen LogP contribution in [0.2, 0.25) is 0 Å². The molecular formula is C11H13NO3S. The van der Waals surface area contributed by atoms with Crippen LogP contribution in [0.4, 0.5) is 0 Å². The molecule has 3 N–H and O–H groups in total. The van der Waals surface area contributed by atoms with Gasteiger partial charge >= 0.3 is 0 Å². The summed E-state index contributed by atoms with van der Waals surface area (Å²) in [7, 11) is 0. The van der Waals surface area contributed by atoms with Crippen LogP contribution in [0.25, 0.3) is 0 Å². The summed E-state index contributed by atoms with van der Waals surface area (Å²) in [6.45, 7) is 0. The molecule has 1 amide bonds. The van der Waals surface area contributed by atoms with Crippen molar-refractivity contribution < 1.29 is 15.0 Å². The molecule has 0 aliphatic carbocycles. The number of thioether (sulfide) groups is 1. The second-order valence-corrected chi connectivity index (χ2v) is 4.86. The van der Waals surface area contributed by atoms with Crippen LogP contribution in [0, 0.1) is 0 Å². The monoisotopic (exact) mass is 239 g/mol. The molecule has 86 valence electrons. The Morgan fingerprint density at radius 1 is 1.38 bits per heavy atom. The number of aromatic hydroxyl groups is 2. The third kappa shape index (κ3) is 2.24. The first kappa shape index (κ1) is 11.1. The van der Waals surface area contributed by atoms with E-state index in [2.05, 4.69) is 5.32 Å². The smallest absolute Gasteiger partial charge is 0.259 e. The number of rotatable bonds is 2. The first-order chi connectivity index (χ1) is 7.68. The molecule has 1 aromatic carbocycles. The van der Waals surface area contributed by atoms with Crippen molar-refractivity contribution in [3.63, 3.8) is 0 Å². The lowest BCUT2D eigenvalue weighted by Gasteiger charge is -2.12. The molecule has 1 aliphatic heterocycles. The Morgan fingerprint density at radius 2 is 2.06 bits per heavy atom. The molecular weight excluding hydrogens is 226 g/mol. The van der Waals surface area contributed by atoms with Gasteiger partial charge in [0.15, 0.2) is 0 Å². The lowest BCUT2D eigenvalue weighted by Crippen LogP contribution is -2.34. The van der Waals surface area contributed by atoms with Crippen molar-refractivity contribution in [2.75, 3.05) is 11.5 Å². The van der Waals surface area contributed by atoms with Gasteiger partial charge in [-0.15, -0.1) is 0 Å². The molecule has 1 saturated heterocycles. The van der Waals surface area contributed by atoms with E-state index in [1.54, 1.807) is 11.8 Å². The van der Waals surface area contributed by atoms with Crippen molar-refractivity contribution in [3.8, 4) is 11.5 Å². The molecule has 0 saturated carbocycles. The number of carbonyl (C=O) groups excluding carboxylic acids is 1. The zero-order valence-corrected chi connectivity index (χ0v) is 9.46. The van der Waals surface area contributed by atoms with Gasteiger partial charge < -0.3 is 15.5 Å². The minimum atomic E-state index is -0.414. The molecule has 1 heterocycles. The van der Waals surface area contributed by atoms with E-state index in [1.165, 1.54) is 18.2 Å². The van der Waals surface area contributed by atoms with Crippen molar-refractivity contribution in [3.05, 3.63) is 23.8 Å². The van der Waals surface area contributed by atoms with E-state index >= 15 is 0 Å². The van der Waals surface area contributed by atoms with E-state index in [0.717, 1.165) is 17.9 Å². The quantitative estimate of drug-likeness (QED) is 0.728. The van der Waals surface area contributed by atoms with Crippen molar-refractivity contribution in [2.24, 2.45) is 0 Å². The molecule has 0 spiro atoms. The Morgan fingerprint density at radius 3 is 2.62 bits per heavy atom. The lowest BCUT2D eigenvalue weighted by molar-refractivity contribution is 0.0935. The fourth-order valence-electron chi connectivity index (χ4n) is 1.67. The van der Waals surface area contributed by atoms with E-state index in [-0.39, 0.29) is 23.1 Å². The molecule has 1 atom stereocenters. The summed E-state index contributed by atoms with van der Waals surface area (Å²) in [5.74, 6) is 1.13. The lowest BCUT2D eigenvalue weighted by atomic mass is 10.1. The van der Waals surface area contributed by atoms with Gasteiger partial charge in [0.25, 0.3) is 5.91 Å². The van der Waals surface area contributed by atoms with E-state index in [4.69, 9.17) is 0 Å². The van der Waals surface area contributed by atoms with Crippen LogP contribution in [-0.4, -0.2) is 33.7 Å². The minimum Gasteiger partial charge on any atom is -0.507 e. The number of phenolic OH excluding ortho intramolecular Hbond substituents is 2. The van der Waals surface area contributed by atoms with Crippen LogP contribution in [0.15, 0.2) is 18.2 Å². The Kier molecular flexibility index (Phi) is 3.24. The average molecular weight is 239 g/mol. The number of benzene rings is 1. The SMILES string of the molecule is O=C(NC1CCSC1)c1c(O)cccc1O. The molecule has 1 aromatic rings. The van der Waals surface area contributed by atoms with Gasteiger partial charge in [-0.05, 0) is 24.3 Å². The van der Waals surface area contributed by atoms with Crippen molar-refractivity contribution in [2.45, 2.75) is 12.5 Å². The van der Waals surface area contributed by atoms with E-state index in [1.807, 2.05) is 0 Å². The molecule has 5 heteroatoms.